The molecular formula is C13H17BrClNO2. The molecule has 0 aliphatic rings. The van der Waals surface area contributed by atoms with Gasteiger partial charge in [0.25, 0.3) is 0 Å². The summed E-state index contributed by atoms with van der Waals surface area (Å²) < 4.78 is 0.955. The van der Waals surface area contributed by atoms with Crippen LogP contribution >= 0.6 is 27.5 Å². The van der Waals surface area contributed by atoms with Crippen LogP contribution in [0.25, 0.3) is 0 Å². The van der Waals surface area contributed by atoms with Gasteiger partial charge in [0.15, 0.2) is 0 Å². The van der Waals surface area contributed by atoms with E-state index in [1.807, 2.05) is 18.2 Å². The Morgan fingerprint density at radius 1 is 1.50 bits per heavy atom. The third-order valence-electron chi connectivity index (χ3n) is 2.73. The van der Waals surface area contributed by atoms with E-state index in [1.54, 1.807) is 0 Å². The Kier molecular flexibility index (Phi) is 6.12. The predicted molar refractivity (Wildman–Crippen MR) is 77.0 cm³/mol. The number of aliphatic carboxylic acids is 1. The second-order valence-corrected chi connectivity index (χ2v) is 5.73. The summed E-state index contributed by atoms with van der Waals surface area (Å²) in [5.41, 5.74) is 1.11. The van der Waals surface area contributed by atoms with Crippen molar-refractivity contribution in [1.29, 1.82) is 0 Å². The number of carbonyl (C=O) groups is 1. The second-order valence-electron chi connectivity index (χ2n) is 4.44. The van der Waals surface area contributed by atoms with Crippen LogP contribution in [0.4, 0.5) is 0 Å². The fourth-order valence-electron chi connectivity index (χ4n) is 1.63. The van der Waals surface area contributed by atoms with E-state index in [4.69, 9.17) is 16.7 Å². The Hall–Kier alpha value is -0.580. The number of hydrogen-bond acceptors (Lipinski definition) is 2. The largest absolute Gasteiger partial charge is 0.481 e. The molecule has 0 bridgehead atoms. The first-order chi connectivity index (χ1) is 8.40. The Bertz CT molecular complexity index is 423. The number of halogens is 2. The third kappa shape index (κ3) is 4.96. The highest BCUT2D eigenvalue weighted by Gasteiger charge is 2.13. The molecule has 1 aromatic rings. The van der Waals surface area contributed by atoms with Crippen LogP contribution in [-0.4, -0.2) is 28.6 Å². The van der Waals surface area contributed by atoms with Crippen molar-refractivity contribution in [3.63, 3.8) is 0 Å². The Labute approximate surface area is 121 Å². The van der Waals surface area contributed by atoms with E-state index < -0.39 is 5.97 Å². The quantitative estimate of drug-likeness (QED) is 0.860. The molecule has 0 heterocycles. The van der Waals surface area contributed by atoms with Gasteiger partial charge in [-0.1, -0.05) is 33.6 Å². The average Bonchev–Trinajstić information content (AvgIpc) is 2.26. The van der Waals surface area contributed by atoms with Crippen LogP contribution in [0.1, 0.15) is 25.8 Å². The molecule has 0 unspecified atom stereocenters. The summed E-state index contributed by atoms with van der Waals surface area (Å²) >= 11 is 9.37. The van der Waals surface area contributed by atoms with Crippen LogP contribution < -0.4 is 0 Å². The molecule has 100 valence electrons. The fraction of sp³-hybridized carbons (Fsp3) is 0.462. The lowest BCUT2D eigenvalue weighted by Gasteiger charge is -2.26. The summed E-state index contributed by atoms with van der Waals surface area (Å²) in [6, 6.07) is 5.96. The molecule has 0 saturated heterocycles. The van der Waals surface area contributed by atoms with Crippen LogP contribution in [0.2, 0.25) is 5.02 Å². The van der Waals surface area contributed by atoms with E-state index >= 15 is 0 Å². The number of benzene rings is 1. The van der Waals surface area contributed by atoms with E-state index in [2.05, 4.69) is 34.7 Å². The van der Waals surface area contributed by atoms with E-state index in [0.717, 1.165) is 10.0 Å². The van der Waals surface area contributed by atoms with E-state index in [9.17, 15) is 4.79 Å². The van der Waals surface area contributed by atoms with Gasteiger partial charge in [0, 0.05) is 28.6 Å². The molecule has 0 aliphatic heterocycles. The van der Waals surface area contributed by atoms with Crippen LogP contribution in [-0.2, 0) is 11.3 Å². The summed E-state index contributed by atoms with van der Waals surface area (Å²) in [6.07, 6.45) is 0.156. The molecular weight excluding hydrogens is 318 g/mol. The molecule has 0 spiro atoms. The first-order valence-corrected chi connectivity index (χ1v) is 6.97. The zero-order valence-corrected chi connectivity index (χ0v) is 12.8. The average molecular weight is 335 g/mol. The minimum absolute atomic E-state index is 0.156. The minimum atomic E-state index is -0.768. The van der Waals surface area contributed by atoms with Crippen molar-refractivity contribution in [2.45, 2.75) is 32.9 Å². The van der Waals surface area contributed by atoms with Gasteiger partial charge in [-0.3, -0.25) is 9.69 Å². The van der Waals surface area contributed by atoms with Gasteiger partial charge in [0.1, 0.15) is 0 Å². The van der Waals surface area contributed by atoms with Gasteiger partial charge in [-0.05, 0) is 31.5 Å². The number of rotatable bonds is 6. The van der Waals surface area contributed by atoms with Crippen LogP contribution in [0, 0.1) is 0 Å². The molecule has 0 aliphatic carbocycles. The maximum Gasteiger partial charge on any atom is 0.304 e. The number of nitrogens with zero attached hydrogens (tertiary/aromatic N) is 1. The van der Waals surface area contributed by atoms with Crippen molar-refractivity contribution < 1.29 is 9.90 Å². The molecule has 1 aromatic carbocycles. The Morgan fingerprint density at radius 3 is 2.67 bits per heavy atom. The summed E-state index contributed by atoms with van der Waals surface area (Å²) in [6.45, 7) is 5.38. The van der Waals surface area contributed by atoms with Gasteiger partial charge < -0.3 is 5.11 Å². The van der Waals surface area contributed by atoms with Crippen molar-refractivity contribution in [1.82, 2.24) is 4.90 Å². The van der Waals surface area contributed by atoms with Gasteiger partial charge in [-0.15, -0.1) is 0 Å². The highest BCUT2D eigenvalue weighted by atomic mass is 79.9. The Morgan fingerprint density at radius 2 is 2.17 bits per heavy atom. The molecule has 5 heteroatoms. The van der Waals surface area contributed by atoms with Crippen molar-refractivity contribution >= 4 is 33.5 Å². The molecule has 0 aromatic heterocycles. The summed E-state index contributed by atoms with van der Waals surface area (Å²) in [7, 11) is 0. The minimum Gasteiger partial charge on any atom is -0.481 e. The monoisotopic (exact) mass is 333 g/mol. The standard InChI is InChI=1S/C13H17BrClNO2/c1-9(2)16(6-5-13(17)18)8-10-3-4-11(15)7-12(10)14/h3-4,7,9H,5-6,8H2,1-2H3,(H,17,18). The number of carboxylic acids is 1. The SMILES string of the molecule is CC(C)N(CCC(=O)O)Cc1ccc(Cl)cc1Br. The van der Waals surface area contributed by atoms with Crippen molar-refractivity contribution in [2.75, 3.05) is 6.54 Å². The smallest absolute Gasteiger partial charge is 0.304 e. The molecule has 0 amide bonds. The van der Waals surface area contributed by atoms with Gasteiger partial charge in [0.05, 0.1) is 6.42 Å². The van der Waals surface area contributed by atoms with E-state index in [0.29, 0.717) is 24.2 Å². The normalized spacial score (nSPS) is 11.2. The fourth-order valence-corrected chi connectivity index (χ4v) is 2.44. The highest BCUT2D eigenvalue weighted by molar-refractivity contribution is 9.10. The lowest BCUT2D eigenvalue weighted by atomic mass is 10.2. The maximum absolute atomic E-state index is 10.6. The lowest BCUT2D eigenvalue weighted by Crippen LogP contribution is -2.32. The molecule has 0 radical (unpaired) electrons. The van der Waals surface area contributed by atoms with Gasteiger partial charge in [0.2, 0.25) is 0 Å². The lowest BCUT2D eigenvalue weighted by molar-refractivity contribution is -0.137. The molecule has 0 fully saturated rings. The molecule has 0 saturated carbocycles. The zero-order valence-electron chi connectivity index (χ0n) is 10.5. The number of carboxylic acid groups (broad SMARTS) is 1. The zero-order chi connectivity index (χ0) is 13.7. The summed E-state index contributed by atoms with van der Waals surface area (Å²) in [4.78, 5) is 12.8. The van der Waals surface area contributed by atoms with Crippen molar-refractivity contribution in [3.05, 3.63) is 33.3 Å². The van der Waals surface area contributed by atoms with Gasteiger partial charge in [-0.2, -0.15) is 0 Å². The molecule has 0 atom stereocenters. The second kappa shape index (κ2) is 7.12. The highest BCUT2D eigenvalue weighted by Crippen LogP contribution is 2.23. The van der Waals surface area contributed by atoms with E-state index in [-0.39, 0.29) is 6.42 Å². The first-order valence-electron chi connectivity index (χ1n) is 5.80. The summed E-state index contributed by atoms with van der Waals surface area (Å²) in [5, 5.41) is 9.44. The molecule has 1 rings (SSSR count). The molecule has 18 heavy (non-hydrogen) atoms. The summed E-state index contributed by atoms with van der Waals surface area (Å²) in [5.74, 6) is -0.768. The van der Waals surface area contributed by atoms with Crippen LogP contribution in [0.3, 0.4) is 0 Å². The first kappa shape index (κ1) is 15.5. The third-order valence-corrected chi connectivity index (χ3v) is 3.71. The Balaban J connectivity index is 2.73. The van der Waals surface area contributed by atoms with Crippen LogP contribution in [0.15, 0.2) is 22.7 Å². The maximum atomic E-state index is 10.6. The van der Waals surface area contributed by atoms with Crippen molar-refractivity contribution in [3.8, 4) is 0 Å². The molecule has 1 N–H and O–H groups in total. The van der Waals surface area contributed by atoms with Gasteiger partial charge >= 0.3 is 5.97 Å². The number of hydrogen-bond donors (Lipinski definition) is 1. The topological polar surface area (TPSA) is 40.5 Å². The predicted octanol–water partition coefficient (Wildman–Crippen LogP) is 3.79. The van der Waals surface area contributed by atoms with Gasteiger partial charge in [-0.25, -0.2) is 0 Å². The molecule has 3 nitrogen and oxygen atoms in total. The van der Waals surface area contributed by atoms with Crippen LogP contribution in [0.5, 0.6) is 0 Å². The van der Waals surface area contributed by atoms with E-state index in [1.165, 1.54) is 0 Å². The van der Waals surface area contributed by atoms with Crippen molar-refractivity contribution in [2.24, 2.45) is 0 Å².